The van der Waals surface area contributed by atoms with Crippen molar-refractivity contribution in [3.63, 3.8) is 0 Å². The number of rotatable bonds is 3. The zero-order valence-electron chi connectivity index (χ0n) is 13.4. The van der Waals surface area contributed by atoms with Gasteiger partial charge in [-0.2, -0.15) is 0 Å². The molecule has 21 heavy (non-hydrogen) atoms. The van der Waals surface area contributed by atoms with Crippen LogP contribution in [0, 0.1) is 11.8 Å². The van der Waals surface area contributed by atoms with Crippen LogP contribution in [0.4, 0.5) is 0 Å². The molecule has 1 aromatic carbocycles. The largest absolute Gasteiger partial charge is 0.309 e. The second-order valence-corrected chi connectivity index (χ2v) is 7.16. The van der Waals surface area contributed by atoms with Crippen LogP contribution in [0.15, 0.2) is 30.3 Å². The predicted octanol–water partition coefficient (Wildman–Crippen LogP) is 3.85. The number of hydrogen-bond donors (Lipinski definition) is 1. The summed E-state index contributed by atoms with van der Waals surface area (Å²) in [7, 11) is 0. The molecule has 2 fully saturated rings. The molecule has 1 unspecified atom stereocenters. The molecule has 1 saturated heterocycles. The van der Waals surface area contributed by atoms with Crippen LogP contribution in [-0.4, -0.2) is 31.1 Å². The average molecular weight is 286 g/mol. The fourth-order valence-electron chi connectivity index (χ4n) is 3.94. The van der Waals surface area contributed by atoms with Gasteiger partial charge in [-0.3, -0.25) is 0 Å². The van der Waals surface area contributed by atoms with Crippen molar-refractivity contribution >= 4 is 0 Å². The maximum atomic E-state index is 3.73. The van der Waals surface area contributed by atoms with Crippen LogP contribution in [0.3, 0.4) is 0 Å². The fourth-order valence-corrected chi connectivity index (χ4v) is 3.94. The standard InChI is InChI=1S/C19H30N2/c1-16-8-10-17(11-9-16)14-21-13-5-12-20-19(15-21)18-6-3-2-4-7-18/h2-4,6-7,16-17,19-20H,5,8-15H2,1H3. The lowest BCUT2D eigenvalue weighted by atomic mass is 9.83. The summed E-state index contributed by atoms with van der Waals surface area (Å²) in [6.07, 6.45) is 7.06. The molecule has 3 rings (SSSR count). The fraction of sp³-hybridized carbons (Fsp3) is 0.684. The Balaban J connectivity index is 1.57. The van der Waals surface area contributed by atoms with Gasteiger partial charge in [-0.1, -0.05) is 50.1 Å². The van der Waals surface area contributed by atoms with Crippen molar-refractivity contribution in [2.24, 2.45) is 11.8 Å². The first-order valence-electron chi connectivity index (χ1n) is 8.82. The molecule has 1 heterocycles. The highest BCUT2D eigenvalue weighted by molar-refractivity contribution is 5.19. The molecular weight excluding hydrogens is 256 g/mol. The molecule has 1 N–H and O–H groups in total. The molecule has 1 aliphatic heterocycles. The van der Waals surface area contributed by atoms with Crippen LogP contribution in [-0.2, 0) is 0 Å². The van der Waals surface area contributed by atoms with Gasteiger partial charge in [0.25, 0.3) is 0 Å². The molecule has 0 amide bonds. The summed E-state index contributed by atoms with van der Waals surface area (Å²) in [6, 6.07) is 11.5. The zero-order valence-corrected chi connectivity index (χ0v) is 13.4. The van der Waals surface area contributed by atoms with Crippen LogP contribution in [0.2, 0.25) is 0 Å². The van der Waals surface area contributed by atoms with Crippen molar-refractivity contribution < 1.29 is 0 Å². The first-order chi connectivity index (χ1) is 10.3. The Bertz CT molecular complexity index is 409. The van der Waals surface area contributed by atoms with Gasteiger partial charge < -0.3 is 10.2 Å². The monoisotopic (exact) mass is 286 g/mol. The summed E-state index contributed by atoms with van der Waals surface area (Å²) < 4.78 is 0. The lowest BCUT2D eigenvalue weighted by molar-refractivity contribution is 0.182. The highest BCUT2D eigenvalue weighted by Gasteiger charge is 2.24. The van der Waals surface area contributed by atoms with Gasteiger partial charge >= 0.3 is 0 Å². The molecule has 1 aromatic rings. The number of benzene rings is 1. The van der Waals surface area contributed by atoms with Crippen LogP contribution in [0.1, 0.15) is 50.6 Å². The van der Waals surface area contributed by atoms with E-state index in [1.165, 1.54) is 57.3 Å². The Kier molecular flexibility index (Phi) is 5.32. The molecule has 0 bridgehead atoms. The second kappa shape index (κ2) is 7.42. The maximum absolute atomic E-state index is 3.73. The third-order valence-corrected chi connectivity index (χ3v) is 5.34. The predicted molar refractivity (Wildman–Crippen MR) is 89.4 cm³/mol. The van der Waals surface area contributed by atoms with E-state index in [-0.39, 0.29) is 0 Å². The summed E-state index contributed by atoms with van der Waals surface area (Å²) in [5, 5.41) is 3.73. The first kappa shape index (κ1) is 15.1. The van der Waals surface area contributed by atoms with Gasteiger partial charge in [0.15, 0.2) is 0 Å². The third kappa shape index (κ3) is 4.31. The topological polar surface area (TPSA) is 15.3 Å². The van der Waals surface area contributed by atoms with Crippen LogP contribution in [0.25, 0.3) is 0 Å². The minimum absolute atomic E-state index is 0.510. The average Bonchev–Trinajstić information content (AvgIpc) is 2.76. The van der Waals surface area contributed by atoms with Crippen LogP contribution in [0.5, 0.6) is 0 Å². The Morgan fingerprint density at radius 3 is 2.62 bits per heavy atom. The van der Waals surface area contributed by atoms with E-state index in [4.69, 9.17) is 0 Å². The SMILES string of the molecule is CC1CCC(CN2CCCNC(c3ccccc3)C2)CC1. The van der Waals surface area contributed by atoms with Gasteiger partial charge in [0, 0.05) is 19.1 Å². The van der Waals surface area contributed by atoms with Crippen LogP contribution >= 0.6 is 0 Å². The first-order valence-corrected chi connectivity index (χ1v) is 8.82. The second-order valence-electron chi connectivity index (χ2n) is 7.16. The maximum Gasteiger partial charge on any atom is 0.0449 e. The van der Waals surface area contributed by atoms with Crippen molar-refractivity contribution in [1.82, 2.24) is 10.2 Å². The smallest absolute Gasteiger partial charge is 0.0449 e. The molecular formula is C19H30N2. The molecule has 1 saturated carbocycles. The lowest BCUT2D eigenvalue weighted by Crippen LogP contribution is -2.35. The van der Waals surface area contributed by atoms with Crippen molar-refractivity contribution in [3.05, 3.63) is 35.9 Å². The molecule has 0 aromatic heterocycles. The zero-order chi connectivity index (χ0) is 14.5. The summed E-state index contributed by atoms with van der Waals surface area (Å²) >= 11 is 0. The Hall–Kier alpha value is -0.860. The highest BCUT2D eigenvalue weighted by atomic mass is 15.2. The van der Waals surface area contributed by atoms with Crippen molar-refractivity contribution in [2.45, 2.75) is 45.1 Å². The van der Waals surface area contributed by atoms with Crippen molar-refractivity contribution in [3.8, 4) is 0 Å². The number of hydrogen-bond acceptors (Lipinski definition) is 2. The minimum Gasteiger partial charge on any atom is -0.309 e. The Labute approximate surface area is 129 Å². The van der Waals surface area contributed by atoms with Gasteiger partial charge in [0.1, 0.15) is 0 Å². The minimum atomic E-state index is 0.510. The van der Waals surface area contributed by atoms with E-state index in [0.29, 0.717) is 6.04 Å². The van der Waals surface area contributed by atoms with Crippen molar-refractivity contribution in [2.75, 3.05) is 26.2 Å². The summed E-state index contributed by atoms with van der Waals surface area (Å²) in [5.74, 6) is 1.90. The molecule has 116 valence electrons. The van der Waals surface area contributed by atoms with E-state index in [1.54, 1.807) is 0 Å². The van der Waals surface area contributed by atoms with E-state index in [9.17, 15) is 0 Å². The molecule has 0 radical (unpaired) electrons. The molecule has 2 aliphatic rings. The molecule has 1 atom stereocenters. The summed E-state index contributed by atoms with van der Waals surface area (Å²) in [6.45, 7) is 7.32. The number of nitrogens with zero attached hydrogens (tertiary/aromatic N) is 1. The molecule has 2 heteroatoms. The molecule has 0 spiro atoms. The van der Waals surface area contributed by atoms with E-state index in [0.717, 1.165) is 18.4 Å². The van der Waals surface area contributed by atoms with E-state index < -0.39 is 0 Å². The molecule has 1 aliphatic carbocycles. The lowest BCUT2D eigenvalue weighted by Gasteiger charge is -2.32. The van der Waals surface area contributed by atoms with Crippen LogP contribution < -0.4 is 5.32 Å². The normalized spacial score (nSPS) is 31.8. The van der Waals surface area contributed by atoms with E-state index >= 15 is 0 Å². The summed E-state index contributed by atoms with van der Waals surface area (Å²) in [5.41, 5.74) is 1.45. The van der Waals surface area contributed by atoms with Gasteiger partial charge in [0.2, 0.25) is 0 Å². The number of nitrogens with one attached hydrogen (secondary N) is 1. The Morgan fingerprint density at radius 2 is 1.86 bits per heavy atom. The Morgan fingerprint density at radius 1 is 1.10 bits per heavy atom. The summed E-state index contributed by atoms with van der Waals surface area (Å²) in [4.78, 5) is 2.72. The molecule has 2 nitrogen and oxygen atoms in total. The van der Waals surface area contributed by atoms with E-state index in [1.807, 2.05) is 0 Å². The quantitative estimate of drug-likeness (QED) is 0.908. The van der Waals surface area contributed by atoms with Gasteiger partial charge in [-0.15, -0.1) is 0 Å². The van der Waals surface area contributed by atoms with Gasteiger partial charge in [0.05, 0.1) is 0 Å². The highest BCUT2D eigenvalue weighted by Crippen LogP contribution is 2.29. The van der Waals surface area contributed by atoms with Gasteiger partial charge in [-0.05, 0) is 49.8 Å². The van der Waals surface area contributed by atoms with E-state index in [2.05, 4.69) is 47.5 Å². The van der Waals surface area contributed by atoms with Gasteiger partial charge in [-0.25, -0.2) is 0 Å². The third-order valence-electron chi connectivity index (χ3n) is 5.34. The van der Waals surface area contributed by atoms with Crippen molar-refractivity contribution in [1.29, 1.82) is 0 Å².